The van der Waals surface area contributed by atoms with E-state index >= 15 is 0 Å². The number of alkyl halides is 3. The molecule has 0 aliphatic carbocycles. The van der Waals surface area contributed by atoms with Gasteiger partial charge in [0, 0.05) is 12.0 Å². The normalized spacial score (nSPS) is 11.7. The summed E-state index contributed by atoms with van der Waals surface area (Å²) in [7, 11) is 0. The molecule has 0 spiro atoms. The van der Waals surface area contributed by atoms with Crippen LogP contribution in [0.5, 0.6) is 0 Å². The van der Waals surface area contributed by atoms with Crippen LogP contribution in [0.3, 0.4) is 0 Å². The van der Waals surface area contributed by atoms with Crippen LogP contribution in [0.2, 0.25) is 0 Å². The van der Waals surface area contributed by atoms with E-state index in [-0.39, 0.29) is 4.88 Å². The predicted molar refractivity (Wildman–Crippen MR) is 97.1 cm³/mol. The summed E-state index contributed by atoms with van der Waals surface area (Å²) >= 11 is 1.04. The molecule has 1 amide bonds. The second-order valence-corrected chi connectivity index (χ2v) is 7.33. The Morgan fingerprint density at radius 3 is 2.66 bits per heavy atom. The highest BCUT2D eigenvalue weighted by Gasteiger charge is 2.29. The second kappa shape index (κ2) is 8.27. The average Bonchev–Trinajstić information content (AvgIpc) is 3.20. The van der Waals surface area contributed by atoms with E-state index in [0.29, 0.717) is 40.7 Å². The molecule has 0 saturated carbocycles. The van der Waals surface area contributed by atoms with E-state index in [9.17, 15) is 22.4 Å². The molecule has 29 heavy (non-hydrogen) atoms. The number of aromatic nitrogens is 3. The minimum Gasteiger partial charge on any atom is -0.361 e. The molecular weight excluding hydrogens is 412 g/mol. The number of thiazole rings is 1. The minimum absolute atomic E-state index is 0.145. The number of aryl methyl sites for hydroxylation is 3. The monoisotopic (exact) mass is 428 g/mol. The Morgan fingerprint density at radius 1 is 1.24 bits per heavy atom. The minimum atomic E-state index is -4.48. The van der Waals surface area contributed by atoms with Gasteiger partial charge in [-0.1, -0.05) is 5.16 Å². The van der Waals surface area contributed by atoms with Crippen molar-refractivity contribution in [2.24, 2.45) is 0 Å². The molecule has 0 saturated heterocycles. The number of hydrogen-bond donors (Lipinski definition) is 1. The summed E-state index contributed by atoms with van der Waals surface area (Å²) in [5.74, 6) is -0.700. The van der Waals surface area contributed by atoms with Crippen molar-refractivity contribution >= 4 is 17.2 Å². The highest BCUT2D eigenvalue weighted by Crippen LogP contribution is 2.27. The van der Waals surface area contributed by atoms with E-state index in [1.807, 2.05) is 5.32 Å². The molecule has 3 aromatic rings. The maximum atomic E-state index is 13.1. The Kier molecular flexibility index (Phi) is 5.96. The van der Waals surface area contributed by atoms with Gasteiger partial charge in [0.2, 0.25) is 0 Å². The van der Waals surface area contributed by atoms with Gasteiger partial charge in [-0.2, -0.15) is 13.2 Å². The van der Waals surface area contributed by atoms with Gasteiger partial charge < -0.3 is 9.84 Å². The van der Waals surface area contributed by atoms with Crippen LogP contribution < -0.4 is 5.32 Å². The van der Waals surface area contributed by atoms with E-state index in [4.69, 9.17) is 4.52 Å². The first-order chi connectivity index (χ1) is 13.6. The van der Waals surface area contributed by atoms with E-state index in [1.54, 1.807) is 13.8 Å². The summed E-state index contributed by atoms with van der Waals surface area (Å²) in [5.41, 5.74) is 2.08. The number of carbonyl (C=O) groups excluding carboxylic acids is 1. The molecule has 0 aromatic carbocycles. The van der Waals surface area contributed by atoms with Gasteiger partial charge in [-0.05, 0) is 32.4 Å². The van der Waals surface area contributed by atoms with E-state index in [1.165, 1.54) is 12.1 Å². The Labute approximate surface area is 167 Å². The standard InChI is InChI=1S/C18H16F4N4O2S/c1-9-16(17(27)24-8-18(20,21)22)29-14(25-9)6-4-12-10(2)28-26-15(12)13-5-3-11(19)7-23-13/h3,5,7H,4,6,8H2,1-2H3,(H,24,27). The number of amides is 1. The zero-order valence-corrected chi connectivity index (χ0v) is 16.2. The predicted octanol–water partition coefficient (Wildman–Crippen LogP) is 4.03. The maximum Gasteiger partial charge on any atom is 0.405 e. The third-order valence-corrected chi connectivity index (χ3v) is 5.26. The van der Waals surface area contributed by atoms with Crippen molar-refractivity contribution < 1.29 is 26.9 Å². The summed E-state index contributed by atoms with van der Waals surface area (Å²) < 4.78 is 55.2. The molecule has 0 radical (unpaired) electrons. The molecule has 1 N–H and O–H groups in total. The highest BCUT2D eigenvalue weighted by molar-refractivity contribution is 7.13. The fourth-order valence-electron chi connectivity index (χ4n) is 2.67. The smallest absolute Gasteiger partial charge is 0.361 e. The molecule has 3 aromatic heterocycles. The van der Waals surface area contributed by atoms with Gasteiger partial charge in [-0.25, -0.2) is 9.37 Å². The molecule has 3 rings (SSSR count). The van der Waals surface area contributed by atoms with E-state index in [0.717, 1.165) is 23.1 Å². The zero-order chi connectivity index (χ0) is 21.2. The first-order valence-corrected chi connectivity index (χ1v) is 9.34. The maximum absolute atomic E-state index is 13.1. The number of nitrogens with zero attached hydrogens (tertiary/aromatic N) is 3. The lowest BCUT2D eigenvalue weighted by Gasteiger charge is -2.07. The van der Waals surface area contributed by atoms with Crippen LogP contribution in [0, 0.1) is 19.7 Å². The van der Waals surface area contributed by atoms with Gasteiger partial charge in [0.1, 0.15) is 28.7 Å². The van der Waals surface area contributed by atoms with Gasteiger partial charge in [-0.3, -0.25) is 9.78 Å². The molecule has 0 bridgehead atoms. The number of nitrogens with one attached hydrogen (secondary N) is 1. The van der Waals surface area contributed by atoms with Crippen LogP contribution in [-0.4, -0.2) is 33.8 Å². The molecule has 0 atom stereocenters. The first-order valence-electron chi connectivity index (χ1n) is 8.52. The van der Waals surface area contributed by atoms with E-state index in [2.05, 4.69) is 15.1 Å². The number of carbonyl (C=O) groups is 1. The zero-order valence-electron chi connectivity index (χ0n) is 15.4. The molecule has 0 aliphatic heterocycles. The Bertz CT molecular complexity index is 1010. The van der Waals surface area contributed by atoms with Gasteiger partial charge in [0.15, 0.2) is 0 Å². The molecule has 0 fully saturated rings. The van der Waals surface area contributed by atoms with Gasteiger partial charge >= 0.3 is 6.18 Å². The van der Waals surface area contributed by atoms with E-state index < -0.39 is 24.4 Å². The van der Waals surface area contributed by atoms with Crippen LogP contribution in [0.4, 0.5) is 17.6 Å². The number of hydrogen-bond acceptors (Lipinski definition) is 6. The quantitative estimate of drug-likeness (QED) is 0.600. The number of rotatable bonds is 6. The Hall–Kier alpha value is -2.82. The lowest BCUT2D eigenvalue weighted by Crippen LogP contribution is -2.33. The molecule has 0 aliphatic rings. The second-order valence-electron chi connectivity index (χ2n) is 6.25. The van der Waals surface area contributed by atoms with Crippen molar-refractivity contribution in [3.05, 3.63) is 51.0 Å². The fourth-order valence-corrected chi connectivity index (χ4v) is 3.65. The molecule has 11 heteroatoms. The van der Waals surface area contributed by atoms with Crippen molar-refractivity contribution in [2.75, 3.05) is 6.54 Å². The van der Waals surface area contributed by atoms with Crippen molar-refractivity contribution in [1.29, 1.82) is 0 Å². The molecular formula is C18H16F4N4O2S. The van der Waals surface area contributed by atoms with Crippen molar-refractivity contribution in [3.63, 3.8) is 0 Å². The highest BCUT2D eigenvalue weighted by atomic mass is 32.1. The number of pyridine rings is 1. The van der Waals surface area contributed by atoms with Crippen LogP contribution in [0.1, 0.15) is 31.7 Å². The van der Waals surface area contributed by atoms with Crippen molar-refractivity contribution in [1.82, 2.24) is 20.4 Å². The SMILES string of the molecule is Cc1nc(CCc2c(-c3ccc(F)cn3)noc2C)sc1C(=O)NCC(F)(F)F. The fraction of sp³-hybridized carbons (Fsp3) is 0.333. The summed E-state index contributed by atoms with van der Waals surface area (Å²) in [6.07, 6.45) is -2.51. The number of halogens is 4. The summed E-state index contributed by atoms with van der Waals surface area (Å²) in [6.45, 7) is 1.91. The molecule has 154 valence electrons. The van der Waals surface area contributed by atoms with Crippen molar-refractivity contribution in [3.8, 4) is 11.4 Å². The molecule has 6 nitrogen and oxygen atoms in total. The van der Waals surface area contributed by atoms with Crippen LogP contribution in [0.25, 0.3) is 11.4 Å². The van der Waals surface area contributed by atoms with Crippen molar-refractivity contribution in [2.45, 2.75) is 32.9 Å². The topological polar surface area (TPSA) is 80.9 Å². The lowest BCUT2D eigenvalue weighted by atomic mass is 10.1. The van der Waals surface area contributed by atoms with Crippen LogP contribution in [-0.2, 0) is 12.8 Å². The summed E-state index contributed by atoms with van der Waals surface area (Å²) in [6, 6.07) is 2.76. The Morgan fingerprint density at radius 2 is 2.00 bits per heavy atom. The first kappa shape index (κ1) is 20.9. The Balaban J connectivity index is 1.72. The molecule has 0 unspecified atom stereocenters. The van der Waals surface area contributed by atoms with Gasteiger partial charge in [0.05, 0.1) is 22.6 Å². The average molecular weight is 428 g/mol. The summed E-state index contributed by atoms with van der Waals surface area (Å²) in [5, 5.41) is 6.42. The molecule has 3 heterocycles. The van der Waals surface area contributed by atoms with Crippen LogP contribution >= 0.6 is 11.3 Å². The third kappa shape index (κ3) is 5.17. The lowest BCUT2D eigenvalue weighted by molar-refractivity contribution is -0.123. The van der Waals surface area contributed by atoms with Gasteiger partial charge in [0.25, 0.3) is 5.91 Å². The van der Waals surface area contributed by atoms with Crippen LogP contribution in [0.15, 0.2) is 22.9 Å². The largest absolute Gasteiger partial charge is 0.405 e. The summed E-state index contributed by atoms with van der Waals surface area (Å²) in [4.78, 5) is 20.4. The third-order valence-electron chi connectivity index (χ3n) is 4.04. The van der Waals surface area contributed by atoms with Gasteiger partial charge in [-0.15, -0.1) is 11.3 Å².